The monoisotopic (exact) mass is 452 g/mol. The number of carbonyl (C=O) groups excluding carboxylic acids is 1. The molecule has 1 aliphatic heterocycles. The summed E-state index contributed by atoms with van der Waals surface area (Å²) in [7, 11) is 0. The van der Waals surface area contributed by atoms with Crippen LogP contribution in [0.25, 0.3) is 0 Å². The third-order valence-corrected chi connectivity index (χ3v) is 5.35. The number of aromatic nitrogens is 1. The number of pyridine rings is 1. The number of anilines is 1. The first-order chi connectivity index (χ1) is 15.5. The molecule has 1 N–H and O–H groups in total. The standard InChI is InChI=1S/C24H22ClFN4O2/c1-16-4-2-3-5-20(16)23(29-30(15-31)12-17-6-8-18(25)9-7-17)21-10-11-22(28-24(21)26)27-19-13-32-14-19/h2-11,15,19H,12-14H2,1H3,(H,27,28)/b29-23+. The summed E-state index contributed by atoms with van der Waals surface area (Å²) in [6.45, 7) is 3.26. The molecule has 1 aromatic heterocycles. The van der Waals surface area contributed by atoms with Gasteiger partial charge in [0.05, 0.1) is 31.4 Å². The first-order valence-corrected chi connectivity index (χ1v) is 10.5. The second-order valence-corrected chi connectivity index (χ2v) is 7.94. The molecule has 32 heavy (non-hydrogen) atoms. The van der Waals surface area contributed by atoms with E-state index in [1.54, 1.807) is 24.3 Å². The number of nitrogens with one attached hydrogen (secondary N) is 1. The normalized spacial score (nSPS) is 14.0. The smallest absolute Gasteiger partial charge is 0.230 e. The van der Waals surface area contributed by atoms with E-state index in [0.29, 0.717) is 41.7 Å². The van der Waals surface area contributed by atoms with Gasteiger partial charge in [-0.1, -0.05) is 48.0 Å². The number of halogens is 2. The van der Waals surface area contributed by atoms with Gasteiger partial charge in [0, 0.05) is 10.6 Å². The van der Waals surface area contributed by atoms with Crippen LogP contribution in [0.2, 0.25) is 5.02 Å². The van der Waals surface area contributed by atoms with E-state index in [1.165, 1.54) is 5.01 Å². The third kappa shape index (κ3) is 5.12. The molecular weight excluding hydrogens is 431 g/mol. The predicted octanol–water partition coefficient (Wildman–Crippen LogP) is 4.40. The number of rotatable bonds is 8. The van der Waals surface area contributed by atoms with Crippen molar-refractivity contribution < 1.29 is 13.9 Å². The van der Waals surface area contributed by atoms with E-state index in [9.17, 15) is 4.79 Å². The van der Waals surface area contributed by atoms with Crippen molar-refractivity contribution >= 4 is 29.5 Å². The summed E-state index contributed by atoms with van der Waals surface area (Å²) < 4.78 is 20.3. The van der Waals surface area contributed by atoms with Crippen LogP contribution in [0.5, 0.6) is 0 Å². The topological polar surface area (TPSA) is 66.8 Å². The molecular formula is C24H22ClFN4O2. The summed E-state index contributed by atoms with van der Waals surface area (Å²) in [5.74, 6) is -0.244. The van der Waals surface area contributed by atoms with E-state index in [2.05, 4.69) is 15.4 Å². The summed E-state index contributed by atoms with van der Waals surface area (Å²) in [5.41, 5.74) is 2.99. The highest BCUT2D eigenvalue weighted by atomic mass is 35.5. The van der Waals surface area contributed by atoms with Gasteiger partial charge in [-0.3, -0.25) is 4.79 Å². The maximum absolute atomic E-state index is 15.1. The summed E-state index contributed by atoms with van der Waals surface area (Å²) >= 11 is 5.95. The largest absolute Gasteiger partial charge is 0.377 e. The molecule has 1 aliphatic rings. The minimum absolute atomic E-state index is 0.127. The Labute approximate surface area is 190 Å². The van der Waals surface area contributed by atoms with Crippen LogP contribution in [0.15, 0.2) is 65.8 Å². The molecule has 3 aromatic rings. The number of carbonyl (C=O) groups is 1. The quantitative estimate of drug-likeness (QED) is 0.238. The van der Waals surface area contributed by atoms with Gasteiger partial charge in [-0.2, -0.15) is 9.49 Å². The van der Waals surface area contributed by atoms with Crippen LogP contribution in [-0.4, -0.2) is 41.4 Å². The van der Waals surface area contributed by atoms with E-state index < -0.39 is 5.95 Å². The van der Waals surface area contributed by atoms with Crippen molar-refractivity contribution in [3.05, 3.63) is 93.9 Å². The van der Waals surface area contributed by atoms with Crippen LogP contribution < -0.4 is 5.32 Å². The molecule has 2 heterocycles. The minimum Gasteiger partial charge on any atom is -0.377 e. The SMILES string of the molecule is Cc1ccccc1/C(=N\N(C=O)Cc1ccc(Cl)cc1)c1ccc(NC2COC2)nc1F. The third-order valence-electron chi connectivity index (χ3n) is 5.10. The lowest BCUT2D eigenvalue weighted by Crippen LogP contribution is -2.40. The van der Waals surface area contributed by atoms with Crippen molar-refractivity contribution in [3.8, 4) is 0 Å². The molecule has 4 rings (SSSR count). The fraction of sp³-hybridized carbons (Fsp3) is 0.208. The van der Waals surface area contributed by atoms with E-state index >= 15 is 4.39 Å². The zero-order valence-corrected chi connectivity index (χ0v) is 18.2. The minimum atomic E-state index is -0.672. The molecule has 0 bridgehead atoms. The van der Waals surface area contributed by atoms with Crippen LogP contribution in [-0.2, 0) is 16.1 Å². The van der Waals surface area contributed by atoms with Gasteiger partial charge in [-0.05, 0) is 42.3 Å². The molecule has 1 saturated heterocycles. The summed E-state index contributed by atoms with van der Waals surface area (Å²) in [5, 5.41) is 9.49. The molecule has 0 radical (unpaired) electrons. The first-order valence-electron chi connectivity index (χ1n) is 10.2. The Morgan fingerprint density at radius 2 is 1.94 bits per heavy atom. The molecule has 0 unspecified atom stereocenters. The van der Waals surface area contributed by atoms with Crippen molar-refractivity contribution in [2.24, 2.45) is 5.10 Å². The van der Waals surface area contributed by atoms with Gasteiger partial charge < -0.3 is 10.1 Å². The van der Waals surface area contributed by atoms with Gasteiger partial charge >= 0.3 is 0 Å². The molecule has 0 atom stereocenters. The Bertz CT molecular complexity index is 1130. The van der Waals surface area contributed by atoms with Crippen LogP contribution in [0.4, 0.5) is 10.2 Å². The van der Waals surface area contributed by atoms with Crippen molar-refractivity contribution in [2.45, 2.75) is 19.5 Å². The van der Waals surface area contributed by atoms with Gasteiger partial charge in [0.1, 0.15) is 11.5 Å². The predicted molar refractivity (Wildman–Crippen MR) is 122 cm³/mol. The summed E-state index contributed by atoms with van der Waals surface area (Å²) in [6.07, 6.45) is 0.616. The van der Waals surface area contributed by atoms with Crippen LogP contribution >= 0.6 is 11.6 Å². The highest BCUT2D eigenvalue weighted by Crippen LogP contribution is 2.21. The maximum Gasteiger partial charge on any atom is 0.230 e. The fourth-order valence-electron chi connectivity index (χ4n) is 3.31. The first kappa shape index (κ1) is 21.9. The van der Waals surface area contributed by atoms with Crippen LogP contribution in [0.1, 0.15) is 22.3 Å². The Kier molecular flexibility index (Phi) is 6.78. The zero-order chi connectivity index (χ0) is 22.5. The Morgan fingerprint density at radius 1 is 1.19 bits per heavy atom. The van der Waals surface area contributed by atoms with E-state index in [1.807, 2.05) is 43.3 Å². The average molecular weight is 453 g/mol. The van der Waals surface area contributed by atoms with E-state index in [-0.39, 0.29) is 18.2 Å². The number of nitrogens with zero attached hydrogens (tertiary/aromatic N) is 3. The van der Waals surface area contributed by atoms with Crippen molar-refractivity contribution in [3.63, 3.8) is 0 Å². The van der Waals surface area contributed by atoms with Gasteiger partial charge in [0.25, 0.3) is 0 Å². The molecule has 2 aromatic carbocycles. The molecule has 8 heteroatoms. The van der Waals surface area contributed by atoms with E-state index in [0.717, 1.165) is 11.1 Å². The van der Waals surface area contributed by atoms with Gasteiger partial charge in [-0.25, -0.2) is 9.99 Å². The Hall–Kier alpha value is -3.29. The molecule has 0 aliphatic carbocycles. The molecule has 164 valence electrons. The number of hydrogen-bond acceptors (Lipinski definition) is 5. The van der Waals surface area contributed by atoms with Gasteiger partial charge in [0.15, 0.2) is 0 Å². The van der Waals surface area contributed by atoms with Crippen molar-refractivity contribution in [1.82, 2.24) is 9.99 Å². The number of hydrazone groups is 1. The molecule has 0 saturated carbocycles. The highest BCUT2D eigenvalue weighted by molar-refractivity contribution is 6.30. The lowest BCUT2D eigenvalue weighted by molar-refractivity contribution is -0.118. The second kappa shape index (κ2) is 9.89. The second-order valence-electron chi connectivity index (χ2n) is 7.51. The summed E-state index contributed by atoms with van der Waals surface area (Å²) in [4.78, 5) is 15.9. The Balaban J connectivity index is 1.70. The number of aryl methyl sites for hydroxylation is 1. The van der Waals surface area contributed by atoms with E-state index in [4.69, 9.17) is 16.3 Å². The number of amides is 1. The van der Waals surface area contributed by atoms with Crippen molar-refractivity contribution in [2.75, 3.05) is 18.5 Å². The number of benzene rings is 2. The molecule has 1 amide bonds. The molecule has 6 nitrogen and oxygen atoms in total. The average Bonchev–Trinajstić information content (AvgIpc) is 2.76. The number of ether oxygens (including phenoxy) is 1. The lowest BCUT2D eigenvalue weighted by Gasteiger charge is -2.27. The van der Waals surface area contributed by atoms with Crippen LogP contribution in [0, 0.1) is 12.9 Å². The van der Waals surface area contributed by atoms with Crippen LogP contribution in [0.3, 0.4) is 0 Å². The molecule has 0 spiro atoms. The van der Waals surface area contributed by atoms with Gasteiger partial charge in [-0.15, -0.1) is 0 Å². The summed E-state index contributed by atoms with van der Waals surface area (Å²) in [6, 6.07) is 18.1. The lowest BCUT2D eigenvalue weighted by atomic mass is 9.99. The van der Waals surface area contributed by atoms with Gasteiger partial charge in [0.2, 0.25) is 12.4 Å². The highest BCUT2D eigenvalue weighted by Gasteiger charge is 2.21. The van der Waals surface area contributed by atoms with Crippen molar-refractivity contribution in [1.29, 1.82) is 0 Å². The number of hydrogen-bond donors (Lipinski definition) is 1. The zero-order valence-electron chi connectivity index (χ0n) is 17.5. The molecule has 1 fully saturated rings. The fourth-order valence-corrected chi connectivity index (χ4v) is 3.44. The maximum atomic E-state index is 15.1. The Morgan fingerprint density at radius 3 is 2.56 bits per heavy atom.